The van der Waals surface area contributed by atoms with Crippen LogP contribution in [0.1, 0.15) is 36.9 Å². The highest BCUT2D eigenvalue weighted by Crippen LogP contribution is 2.54. The third-order valence-corrected chi connectivity index (χ3v) is 6.34. The standard InChI is InChI=1S/C23H24ClNO2/c1-23-13-7-6-10-18(23)21(17-11-12-20(27-2)19(24)14-17)25(22(23)26)15-16-8-4-3-5-9-16/h3-6,8-12,14,18,21H,7,13,15H2,1-2H3/t18?,21?,23-/m1/s1. The molecule has 1 amide bonds. The van der Waals surface area contributed by atoms with Crippen LogP contribution in [-0.4, -0.2) is 17.9 Å². The Balaban J connectivity index is 1.78. The Morgan fingerprint density at radius 2 is 2.00 bits per heavy atom. The van der Waals surface area contributed by atoms with Gasteiger partial charge in [0.05, 0.1) is 23.6 Å². The second kappa shape index (κ2) is 7.05. The number of amides is 1. The minimum Gasteiger partial charge on any atom is -0.495 e. The Kier molecular flexibility index (Phi) is 4.73. The van der Waals surface area contributed by atoms with E-state index in [4.69, 9.17) is 16.3 Å². The Morgan fingerprint density at radius 1 is 1.22 bits per heavy atom. The van der Waals surface area contributed by atoms with Crippen LogP contribution < -0.4 is 4.74 Å². The molecule has 2 aromatic rings. The molecule has 1 fully saturated rings. The summed E-state index contributed by atoms with van der Waals surface area (Å²) in [4.78, 5) is 15.5. The highest BCUT2D eigenvalue weighted by Gasteiger charge is 2.55. The number of carbonyl (C=O) groups excluding carboxylic acids is 1. The van der Waals surface area contributed by atoms with Crippen LogP contribution in [0.25, 0.3) is 0 Å². The van der Waals surface area contributed by atoms with Crippen molar-refractivity contribution in [2.45, 2.75) is 32.4 Å². The van der Waals surface area contributed by atoms with Crippen LogP contribution in [0, 0.1) is 11.3 Å². The molecule has 0 aromatic heterocycles. The number of allylic oxidation sites excluding steroid dienone is 1. The van der Waals surface area contributed by atoms with Gasteiger partial charge in [0, 0.05) is 12.5 Å². The fourth-order valence-corrected chi connectivity index (χ4v) is 4.83. The molecule has 0 bridgehead atoms. The maximum atomic E-state index is 13.5. The molecule has 1 aliphatic heterocycles. The predicted octanol–water partition coefficient (Wildman–Crippen LogP) is 5.40. The van der Waals surface area contributed by atoms with Crippen LogP contribution in [-0.2, 0) is 11.3 Å². The molecule has 2 aromatic carbocycles. The highest BCUT2D eigenvalue weighted by atomic mass is 35.5. The number of likely N-dealkylation sites (tertiary alicyclic amines) is 1. The van der Waals surface area contributed by atoms with E-state index in [1.54, 1.807) is 7.11 Å². The lowest BCUT2D eigenvalue weighted by atomic mass is 9.69. The molecular weight excluding hydrogens is 358 g/mol. The number of nitrogens with zero attached hydrogens (tertiary/aromatic N) is 1. The fraction of sp³-hybridized carbons (Fsp3) is 0.348. The molecule has 140 valence electrons. The van der Waals surface area contributed by atoms with Gasteiger partial charge in [0.2, 0.25) is 5.91 Å². The number of rotatable bonds is 4. The van der Waals surface area contributed by atoms with E-state index in [1.165, 1.54) is 0 Å². The van der Waals surface area contributed by atoms with Gasteiger partial charge in [-0.2, -0.15) is 0 Å². The van der Waals surface area contributed by atoms with Gasteiger partial charge in [-0.25, -0.2) is 0 Å². The summed E-state index contributed by atoms with van der Waals surface area (Å²) in [6.45, 7) is 2.72. The van der Waals surface area contributed by atoms with Gasteiger partial charge >= 0.3 is 0 Å². The topological polar surface area (TPSA) is 29.5 Å². The SMILES string of the molecule is COc1ccc(C2C3C=CCC[C@@]3(C)C(=O)N2Cc2ccccc2)cc1Cl. The van der Waals surface area contributed by atoms with Crippen LogP contribution in [0.3, 0.4) is 0 Å². The number of hydrogen-bond acceptors (Lipinski definition) is 2. The van der Waals surface area contributed by atoms with E-state index in [-0.39, 0.29) is 23.3 Å². The van der Waals surface area contributed by atoms with E-state index in [1.807, 2.05) is 41.3 Å². The second-order valence-corrected chi connectivity index (χ2v) is 8.07. The van der Waals surface area contributed by atoms with E-state index < -0.39 is 0 Å². The van der Waals surface area contributed by atoms with E-state index in [2.05, 4.69) is 31.2 Å². The first-order valence-corrected chi connectivity index (χ1v) is 9.77. The van der Waals surface area contributed by atoms with Crippen molar-refractivity contribution in [1.82, 2.24) is 4.90 Å². The molecule has 0 radical (unpaired) electrons. The zero-order valence-electron chi connectivity index (χ0n) is 15.7. The number of halogens is 1. The van der Waals surface area contributed by atoms with Gasteiger partial charge in [-0.3, -0.25) is 4.79 Å². The Morgan fingerprint density at radius 3 is 2.70 bits per heavy atom. The lowest BCUT2D eigenvalue weighted by Crippen LogP contribution is -2.34. The monoisotopic (exact) mass is 381 g/mol. The van der Waals surface area contributed by atoms with Crippen LogP contribution >= 0.6 is 11.6 Å². The second-order valence-electron chi connectivity index (χ2n) is 7.67. The zero-order chi connectivity index (χ0) is 19.0. The molecule has 4 heteroatoms. The Hall–Kier alpha value is -2.26. The molecule has 3 nitrogen and oxygen atoms in total. The summed E-state index contributed by atoms with van der Waals surface area (Å²) < 4.78 is 5.31. The number of methoxy groups -OCH3 is 1. The van der Waals surface area contributed by atoms with Gasteiger partial charge in [-0.15, -0.1) is 0 Å². The highest BCUT2D eigenvalue weighted by molar-refractivity contribution is 6.32. The van der Waals surface area contributed by atoms with Gasteiger partial charge in [-0.1, -0.05) is 67.1 Å². The molecule has 0 spiro atoms. The van der Waals surface area contributed by atoms with E-state index in [9.17, 15) is 4.79 Å². The maximum Gasteiger partial charge on any atom is 0.230 e. The van der Waals surface area contributed by atoms with Crippen LogP contribution in [0.5, 0.6) is 5.75 Å². The van der Waals surface area contributed by atoms with Crippen molar-refractivity contribution >= 4 is 17.5 Å². The van der Waals surface area contributed by atoms with Crippen LogP contribution in [0.4, 0.5) is 0 Å². The average molecular weight is 382 g/mol. The number of ether oxygens (including phenoxy) is 1. The third-order valence-electron chi connectivity index (χ3n) is 6.05. The first-order chi connectivity index (χ1) is 13.0. The molecule has 1 heterocycles. The van der Waals surface area contributed by atoms with Crippen LogP contribution in [0.2, 0.25) is 5.02 Å². The van der Waals surface area contributed by atoms with Crippen molar-refractivity contribution in [3.8, 4) is 5.75 Å². The smallest absolute Gasteiger partial charge is 0.230 e. The molecule has 0 N–H and O–H groups in total. The first kappa shape index (κ1) is 18.1. The molecule has 27 heavy (non-hydrogen) atoms. The van der Waals surface area contributed by atoms with Crippen molar-refractivity contribution in [3.63, 3.8) is 0 Å². The lowest BCUT2D eigenvalue weighted by molar-refractivity contribution is -0.137. The molecular formula is C23H24ClNO2. The minimum atomic E-state index is -0.361. The van der Waals surface area contributed by atoms with Crippen molar-refractivity contribution < 1.29 is 9.53 Å². The maximum absolute atomic E-state index is 13.5. The number of hydrogen-bond donors (Lipinski definition) is 0. The number of benzene rings is 2. The van der Waals surface area contributed by atoms with Crippen molar-refractivity contribution in [2.24, 2.45) is 11.3 Å². The van der Waals surface area contributed by atoms with Gasteiger partial charge < -0.3 is 9.64 Å². The molecule has 4 rings (SSSR count). The molecule has 1 aliphatic carbocycles. The van der Waals surface area contributed by atoms with Gasteiger partial charge in [0.25, 0.3) is 0 Å². The van der Waals surface area contributed by atoms with Crippen LogP contribution in [0.15, 0.2) is 60.7 Å². The van der Waals surface area contributed by atoms with E-state index in [0.717, 1.165) is 24.0 Å². The molecule has 1 saturated heterocycles. The van der Waals surface area contributed by atoms with E-state index >= 15 is 0 Å². The summed E-state index contributed by atoms with van der Waals surface area (Å²) in [7, 11) is 1.61. The summed E-state index contributed by atoms with van der Waals surface area (Å²) in [6.07, 6.45) is 6.28. The zero-order valence-corrected chi connectivity index (χ0v) is 16.4. The van der Waals surface area contributed by atoms with Crippen molar-refractivity contribution in [1.29, 1.82) is 0 Å². The van der Waals surface area contributed by atoms with Gasteiger partial charge in [-0.05, 0) is 36.1 Å². The van der Waals surface area contributed by atoms with Crippen molar-refractivity contribution in [3.05, 3.63) is 76.8 Å². The Labute approximate surface area is 165 Å². The normalized spacial score (nSPS) is 26.9. The molecule has 2 unspecified atom stereocenters. The average Bonchev–Trinajstić information content (AvgIpc) is 2.90. The van der Waals surface area contributed by atoms with Gasteiger partial charge in [0.1, 0.15) is 5.75 Å². The molecule has 3 atom stereocenters. The third kappa shape index (κ3) is 3.04. The summed E-state index contributed by atoms with van der Waals surface area (Å²) in [5.41, 5.74) is 1.84. The number of carbonyl (C=O) groups is 1. The first-order valence-electron chi connectivity index (χ1n) is 9.39. The fourth-order valence-electron chi connectivity index (χ4n) is 4.56. The largest absolute Gasteiger partial charge is 0.495 e. The van der Waals surface area contributed by atoms with E-state index in [0.29, 0.717) is 17.3 Å². The summed E-state index contributed by atoms with van der Waals surface area (Å²) in [5, 5.41) is 0.579. The quantitative estimate of drug-likeness (QED) is 0.663. The summed E-state index contributed by atoms with van der Waals surface area (Å²) >= 11 is 6.42. The Bertz CT molecular complexity index is 879. The predicted molar refractivity (Wildman–Crippen MR) is 108 cm³/mol. The molecule has 0 saturated carbocycles. The summed E-state index contributed by atoms with van der Waals surface area (Å²) in [5.74, 6) is 1.03. The number of fused-ring (bicyclic) bond motifs is 1. The summed E-state index contributed by atoms with van der Waals surface area (Å²) in [6, 6.07) is 16.0. The van der Waals surface area contributed by atoms with Gasteiger partial charge in [0.15, 0.2) is 0 Å². The van der Waals surface area contributed by atoms with Crippen molar-refractivity contribution in [2.75, 3.05) is 7.11 Å². The lowest BCUT2D eigenvalue weighted by Gasteiger charge is -2.32. The minimum absolute atomic E-state index is 0.0253. The molecule has 2 aliphatic rings.